The summed E-state index contributed by atoms with van der Waals surface area (Å²) in [7, 11) is 0. The second kappa shape index (κ2) is 6.11. The van der Waals surface area contributed by atoms with E-state index in [9.17, 15) is 18.0 Å². The van der Waals surface area contributed by atoms with Gasteiger partial charge in [-0.3, -0.25) is 4.79 Å². The highest BCUT2D eigenvalue weighted by molar-refractivity contribution is 5.82. The fourth-order valence-corrected chi connectivity index (χ4v) is 3.05. The third-order valence-electron chi connectivity index (χ3n) is 4.14. The first kappa shape index (κ1) is 14.6. The lowest BCUT2D eigenvalue weighted by atomic mass is 9.83. The second-order valence-corrected chi connectivity index (χ2v) is 5.55. The maximum Gasteiger partial charge on any atom is 0.393 e. The molecule has 1 saturated heterocycles. The lowest BCUT2D eigenvalue weighted by molar-refractivity contribution is -0.189. The van der Waals surface area contributed by atoms with Crippen LogP contribution < -0.4 is 10.6 Å². The van der Waals surface area contributed by atoms with Gasteiger partial charge in [0.25, 0.3) is 0 Å². The van der Waals surface area contributed by atoms with Gasteiger partial charge in [0.2, 0.25) is 5.91 Å². The summed E-state index contributed by atoms with van der Waals surface area (Å²) in [6.07, 6.45) is 0.410. The van der Waals surface area contributed by atoms with Crippen LogP contribution in [0.15, 0.2) is 0 Å². The predicted octanol–water partition coefficient (Wildman–Crippen LogP) is 2.37. The molecule has 1 amide bonds. The van der Waals surface area contributed by atoms with Gasteiger partial charge in [-0.05, 0) is 32.2 Å². The first-order valence-electron chi connectivity index (χ1n) is 7.09. The van der Waals surface area contributed by atoms with E-state index >= 15 is 0 Å². The number of rotatable bonds is 2. The number of nitrogens with one attached hydrogen (secondary N) is 2. The van der Waals surface area contributed by atoms with Gasteiger partial charge in [0.05, 0.1) is 12.0 Å². The molecule has 0 aromatic heterocycles. The lowest BCUT2D eigenvalue weighted by Crippen LogP contribution is -2.54. The summed E-state index contributed by atoms with van der Waals surface area (Å²) in [5.74, 6) is -1.64. The van der Waals surface area contributed by atoms with E-state index in [0.29, 0.717) is 12.8 Å². The number of piperidine rings is 1. The van der Waals surface area contributed by atoms with E-state index in [1.165, 1.54) is 0 Å². The smallest absolute Gasteiger partial charge is 0.351 e. The van der Waals surface area contributed by atoms with Crippen LogP contribution in [0.5, 0.6) is 0 Å². The van der Waals surface area contributed by atoms with E-state index in [-0.39, 0.29) is 18.4 Å². The summed E-state index contributed by atoms with van der Waals surface area (Å²) in [6.45, 7) is 0.769. The SMILES string of the molecule is O=C(NC1CCCCC1C(F)(F)F)C1CCCCN1. The third kappa shape index (κ3) is 3.84. The second-order valence-electron chi connectivity index (χ2n) is 5.55. The Bertz CT molecular complexity index is 314. The molecular weight excluding hydrogens is 257 g/mol. The van der Waals surface area contributed by atoms with Gasteiger partial charge in [0, 0.05) is 6.04 Å². The highest BCUT2D eigenvalue weighted by atomic mass is 19.4. The van der Waals surface area contributed by atoms with Crippen molar-refractivity contribution in [2.45, 2.75) is 63.2 Å². The summed E-state index contributed by atoms with van der Waals surface area (Å²) in [5, 5.41) is 5.69. The molecule has 1 saturated carbocycles. The van der Waals surface area contributed by atoms with Crippen molar-refractivity contribution in [2.24, 2.45) is 5.92 Å². The normalized spacial score (nSPS) is 32.9. The Kier molecular flexibility index (Phi) is 4.71. The van der Waals surface area contributed by atoms with Crippen molar-refractivity contribution in [2.75, 3.05) is 6.54 Å². The van der Waals surface area contributed by atoms with Gasteiger partial charge in [0.15, 0.2) is 0 Å². The Hall–Kier alpha value is -0.780. The van der Waals surface area contributed by atoms with Crippen molar-refractivity contribution < 1.29 is 18.0 Å². The number of hydrogen-bond acceptors (Lipinski definition) is 2. The summed E-state index contributed by atoms with van der Waals surface area (Å²) >= 11 is 0. The molecule has 3 nitrogen and oxygen atoms in total. The topological polar surface area (TPSA) is 41.1 Å². The Morgan fingerprint density at radius 3 is 2.37 bits per heavy atom. The number of halogens is 3. The summed E-state index contributed by atoms with van der Waals surface area (Å²) < 4.78 is 38.8. The highest BCUT2D eigenvalue weighted by Crippen LogP contribution is 2.37. The molecule has 3 unspecified atom stereocenters. The summed E-state index contributed by atoms with van der Waals surface area (Å²) in [5.41, 5.74) is 0. The van der Waals surface area contributed by atoms with Crippen molar-refractivity contribution in [1.82, 2.24) is 10.6 Å². The molecule has 2 rings (SSSR count). The molecule has 0 bridgehead atoms. The van der Waals surface area contributed by atoms with Crippen molar-refractivity contribution >= 4 is 5.91 Å². The number of carbonyl (C=O) groups excluding carboxylic acids is 1. The van der Waals surface area contributed by atoms with Gasteiger partial charge >= 0.3 is 6.18 Å². The first-order chi connectivity index (χ1) is 8.98. The lowest BCUT2D eigenvalue weighted by Gasteiger charge is -2.35. The molecule has 3 atom stereocenters. The van der Waals surface area contributed by atoms with Crippen LogP contribution in [0.4, 0.5) is 13.2 Å². The zero-order valence-electron chi connectivity index (χ0n) is 10.9. The minimum atomic E-state index is -4.21. The average Bonchev–Trinajstić information content (AvgIpc) is 2.39. The maximum absolute atomic E-state index is 12.9. The Morgan fingerprint density at radius 2 is 1.74 bits per heavy atom. The molecule has 2 fully saturated rings. The van der Waals surface area contributed by atoms with E-state index in [0.717, 1.165) is 32.2 Å². The number of carbonyl (C=O) groups is 1. The molecule has 1 heterocycles. The first-order valence-corrected chi connectivity index (χ1v) is 7.09. The molecule has 0 aromatic rings. The minimum Gasteiger partial charge on any atom is -0.351 e. The van der Waals surface area contributed by atoms with E-state index < -0.39 is 18.1 Å². The van der Waals surface area contributed by atoms with Crippen molar-refractivity contribution in [3.8, 4) is 0 Å². The molecule has 2 aliphatic rings. The largest absolute Gasteiger partial charge is 0.393 e. The Morgan fingerprint density at radius 1 is 1.05 bits per heavy atom. The Balaban J connectivity index is 1.93. The quantitative estimate of drug-likeness (QED) is 0.814. The van der Waals surface area contributed by atoms with Gasteiger partial charge in [-0.1, -0.05) is 19.3 Å². The monoisotopic (exact) mass is 278 g/mol. The molecule has 2 N–H and O–H groups in total. The van der Waals surface area contributed by atoms with Gasteiger partial charge < -0.3 is 10.6 Å². The minimum absolute atomic E-state index is 0.131. The fraction of sp³-hybridized carbons (Fsp3) is 0.923. The number of hydrogen-bond donors (Lipinski definition) is 2. The predicted molar refractivity (Wildman–Crippen MR) is 65.6 cm³/mol. The zero-order valence-corrected chi connectivity index (χ0v) is 10.9. The zero-order chi connectivity index (χ0) is 13.9. The van der Waals surface area contributed by atoms with Crippen LogP contribution in [0.2, 0.25) is 0 Å². The van der Waals surface area contributed by atoms with Crippen LogP contribution in [0.1, 0.15) is 44.9 Å². The van der Waals surface area contributed by atoms with Crippen LogP contribution in [0.25, 0.3) is 0 Å². The van der Waals surface area contributed by atoms with Gasteiger partial charge in [-0.2, -0.15) is 13.2 Å². The number of alkyl halides is 3. The van der Waals surface area contributed by atoms with Crippen molar-refractivity contribution in [3.63, 3.8) is 0 Å². The molecule has 1 aliphatic carbocycles. The highest BCUT2D eigenvalue weighted by Gasteiger charge is 2.46. The van der Waals surface area contributed by atoms with E-state index in [2.05, 4.69) is 10.6 Å². The van der Waals surface area contributed by atoms with E-state index in [1.54, 1.807) is 0 Å². The van der Waals surface area contributed by atoms with Gasteiger partial charge in [-0.15, -0.1) is 0 Å². The molecular formula is C13H21F3N2O. The van der Waals surface area contributed by atoms with Crippen molar-refractivity contribution in [1.29, 1.82) is 0 Å². The van der Waals surface area contributed by atoms with Crippen LogP contribution >= 0.6 is 0 Å². The fourth-order valence-electron chi connectivity index (χ4n) is 3.05. The molecule has 110 valence electrons. The standard InChI is InChI=1S/C13H21F3N2O/c14-13(15,16)9-5-1-2-6-10(9)18-12(19)11-7-3-4-8-17-11/h9-11,17H,1-8H2,(H,18,19). The Labute approximate surface area is 111 Å². The number of amides is 1. The van der Waals surface area contributed by atoms with E-state index in [4.69, 9.17) is 0 Å². The molecule has 1 aliphatic heterocycles. The molecule has 19 heavy (non-hydrogen) atoms. The van der Waals surface area contributed by atoms with Gasteiger partial charge in [0.1, 0.15) is 0 Å². The van der Waals surface area contributed by atoms with Crippen molar-refractivity contribution in [3.05, 3.63) is 0 Å². The molecule has 6 heteroatoms. The van der Waals surface area contributed by atoms with Crippen LogP contribution in [0, 0.1) is 5.92 Å². The summed E-state index contributed by atoms with van der Waals surface area (Å²) in [4.78, 5) is 12.0. The van der Waals surface area contributed by atoms with Crippen LogP contribution in [0.3, 0.4) is 0 Å². The van der Waals surface area contributed by atoms with Crippen LogP contribution in [-0.4, -0.2) is 30.7 Å². The molecule has 0 spiro atoms. The average molecular weight is 278 g/mol. The van der Waals surface area contributed by atoms with Crippen LogP contribution in [-0.2, 0) is 4.79 Å². The summed E-state index contributed by atoms with van der Waals surface area (Å²) in [6, 6.07) is -1.06. The van der Waals surface area contributed by atoms with E-state index in [1.807, 2.05) is 0 Å². The third-order valence-corrected chi connectivity index (χ3v) is 4.14. The maximum atomic E-state index is 12.9. The van der Waals surface area contributed by atoms with Gasteiger partial charge in [-0.25, -0.2) is 0 Å². The molecule has 0 aromatic carbocycles. The molecule has 0 radical (unpaired) electrons.